The first kappa shape index (κ1) is 21.6. The molecule has 1 heterocycles. The van der Waals surface area contributed by atoms with Crippen molar-refractivity contribution in [2.45, 2.75) is 46.1 Å². The van der Waals surface area contributed by atoms with Crippen LogP contribution in [0, 0.1) is 0 Å². The first-order chi connectivity index (χ1) is 9.96. The SMILES string of the molecule is CCCN(C(=O)CS(=O)(=O)N(CC)CC)C1CCNCC1.Cl. The summed E-state index contributed by atoms with van der Waals surface area (Å²) >= 11 is 0. The van der Waals surface area contributed by atoms with Crippen LogP contribution in [0.3, 0.4) is 0 Å². The highest BCUT2D eigenvalue weighted by Crippen LogP contribution is 2.14. The van der Waals surface area contributed by atoms with Gasteiger partial charge in [0.1, 0.15) is 5.75 Å². The van der Waals surface area contributed by atoms with Crippen LogP contribution in [0.15, 0.2) is 0 Å². The number of piperidine rings is 1. The first-order valence-electron chi connectivity index (χ1n) is 7.94. The van der Waals surface area contributed by atoms with Crippen LogP contribution < -0.4 is 5.32 Å². The van der Waals surface area contributed by atoms with Crippen LogP contribution in [-0.2, 0) is 14.8 Å². The molecule has 0 bridgehead atoms. The van der Waals surface area contributed by atoms with Gasteiger partial charge in [-0.25, -0.2) is 12.7 Å². The summed E-state index contributed by atoms with van der Waals surface area (Å²) in [5.74, 6) is -0.658. The molecule has 1 aliphatic rings. The second-order valence-electron chi connectivity index (χ2n) is 5.41. The molecule has 1 amide bonds. The van der Waals surface area contributed by atoms with E-state index in [2.05, 4.69) is 5.32 Å². The van der Waals surface area contributed by atoms with Gasteiger partial charge in [0.05, 0.1) is 0 Å². The Hall–Kier alpha value is -0.370. The zero-order valence-electron chi connectivity index (χ0n) is 13.9. The summed E-state index contributed by atoms with van der Waals surface area (Å²) in [4.78, 5) is 14.3. The summed E-state index contributed by atoms with van der Waals surface area (Å²) in [6.45, 7) is 8.84. The molecule has 1 N–H and O–H groups in total. The van der Waals surface area contributed by atoms with Crippen LogP contribution in [-0.4, -0.2) is 68.0 Å². The van der Waals surface area contributed by atoms with E-state index in [-0.39, 0.29) is 24.4 Å². The molecule has 1 aliphatic heterocycles. The zero-order valence-corrected chi connectivity index (χ0v) is 15.5. The second kappa shape index (κ2) is 10.4. The van der Waals surface area contributed by atoms with E-state index >= 15 is 0 Å². The number of nitrogens with zero attached hydrogens (tertiary/aromatic N) is 2. The lowest BCUT2D eigenvalue weighted by Gasteiger charge is -2.35. The van der Waals surface area contributed by atoms with E-state index in [1.165, 1.54) is 4.31 Å². The van der Waals surface area contributed by atoms with Crippen molar-refractivity contribution < 1.29 is 13.2 Å². The molecule has 132 valence electrons. The third-order valence-corrected chi connectivity index (χ3v) is 5.85. The van der Waals surface area contributed by atoms with E-state index in [0.717, 1.165) is 32.4 Å². The molecule has 0 radical (unpaired) electrons. The van der Waals surface area contributed by atoms with Crippen molar-refractivity contribution in [3.63, 3.8) is 0 Å². The van der Waals surface area contributed by atoms with Gasteiger partial charge in [0.2, 0.25) is 15.9 Å². The van der Waals surface area contributed by atoms with E-state index < -0.39 is 15.8 Å². The number of halogens is 1. The molecule has 1 rings (SSSR count). The fraction of sp³-hybridized carbons (Fsp3) is 0.929. The predicted octanol–water partition coefficient (Wildman–Crippen LogP) is 1.07. The second-order valence-corrected chi connectivity index (χ2v) is 7.38. The van der Waals surface area contributed by atoms with Crippen molar-refractivity contribution in [1.82, 2.24) is 14.5 Å². The molecule has 0 atom stereocenters. The van der Waals surface area contributed by atoms with Crippen LogP contribution in [0.25, 0.3) is 0 Å². The molecule has 1 fully saturated rings. The van der Waals surface area contributed by atoms with Crippen molar-refractivity contribution in [3.05, 3.63) is 0 Å². The summed E-state index contributed by atoms with van der Waals surface area (Å²) in [7, 11) is -3.50. The zero-order chi connectivity index (χ0) is 15.9. The Morgan fingerprint density at radius 1 is 1.14 bits per heavy atom. The maximum Gasteiger partial charge on any atom is 0.239 e. The normalized spacial score (nSPS) is 16.4. The molecule has 8 heteroatoms. The number of nitrogens with one attached hydrogen (secondary N) is 1. The number of carbonyl (C=O) groups excluding carboxylic acids is 1. The van der Waals surface area contributed by atoms with Crippen molar-refractivity contribution in [2.24, 2.45) is 0 Å². The number of hydrogen-bond donors (Lipinski definition) is 1. The van der Waals surface area contributed by atoms with Crippen molar-refractivity contribution >= 4 is 28.3 Å². The lowest BCUT2D eigenvalue weighted by Crippen LogP contribution is -2.49. The van der Waals surface area contributed by atoms with E-state index in [9.17, 15) is 13.2 Å². The Balaban J connectivity index is 0.00000441. The summed E-state index contributed by atoms with van der Waals surface area (Å²) in [6, 6.07) is 0.172. The molecule has 0 aromatic heterocycles. The van der Waals surface area contributed by atoms with Crippen LogP contribution in [0.5, 0.6) is 0 Å². The van der Waals surface area contributed by atoms with Crippen LogP contribution in [0.4, 0.5) is 0 Å². The Morgan fingerprint density at radius 2 is 1.68 bits per heavy atom. The van der Waals surface area contributed by atoms with Crippen LogP contribution >= 0.6 is 12.4 Å². The number of amides is 1. The summed E-state index contributed by atoms with van der Waals surface area (Å²) in [5, 5.41) is 3.27. The minimum Gasteiger partial charge on any atom is -0.339 e. The fourth-order valence-electron chi connectivity index (χ4n) is 2.82. The van der Waals surface area contributed by atoms with Gasteiger partial charge in [-0.3, -0.25) is 4.79 Å². The number of hydrogen-bond acceptors (Lipinski definition) is 4. The van der Waals surface area contributed by atoms with Crippen molar-refractivity contribution in [3.8, 4) is 0 Å². The minimum atomic E-state index is -3.50. The largest absolute Gasteiger partial charge is 0.339 e. The molecular weight excluding hydrogens is 326 g/mol. The number of sulfonamides is 1. The van der Waals surface area contributed by atoms with Gasteiger partial charge in [-0.2, -0.15) is 0 Å². The smallest absolute Gasteiger partial charge is 0.239 e. The lowest BCUT2D eigenvalue weighted by atomic mass is 10.0. The highest BCUT2D eigenvalue weighted by Gasteiger charge is 2.30. The maximum absolute atomic E-state index is 12.5. The van der Waals surface area contributed by atoms with Gasteiger partial charge in [0.15, 0.2) is 0 Å². The molecule has 0 aromatic rings. The Labute approximate surface area is 141 Å². The molecule has 22 heavy (non-hydrogen) atoms. The van der Waals surface area contributed by atoms with Gasteiger partial charge >= 0.3 is 0 Å². The summed E-state index contributed by atoms with van der Waals surface area (Å²) in [6.07, 6.45) is 2.65. The third kappa shape index (κ3) is 6.02. The fourth-order valence-corrected chi connectivity index (χ4v) is 4.26. The van der Waals surface area contributed by atoms with Crippen molar-refractivity contribution in [1.29, 1.82) is 0 Å². The molecule has 0 aliphatic carbocycles. The van der Waals surface area contributed by atoms with Gasteiger partial charge in [-0.1, -0.05) is 20.8 Å². The highest BCUT2D eigenvalue weighted by molar-refractivity contribution is 7.89. The average Bonchev–Trinajstić information content (AvgIpc) is 2.46. The van der Waals surface area contributed by atoms with Gasteiger partial charge in [-0.15, -0.1) is 12.4 Å². The summed E-state index contributed by atoms with van der Waals surface area (Å²) in [5.41, 5.74) is 0. The summed E-state index contributed by atoms with van der Waals surface area (Å²) < 4.78 is 25.9. The number of carbonyl (C=O) groups is 1. The first-order valence-corrected chi connectivity index (χ1v) is 9.55. The maximum atomic E-state index is 12.5. The Morgan fingerprint density at radius 3 is 2.14 bits per heavy atom. The average molecular weight is 356 g/mol. The van der Waals surface area contributed by atoms with Gasteiger partial charge in [0.25, 0.3) is 0 Å². The quantitative estimate of drug-likeness (QED) is 0.707. The molecule has 0 aromatic carbocycles. The Bertz CT molecular complexity index is 421. The molecule has 0 unspecified atom stereocenters. The van der Waals surface area contributed by atoms with Crippen LogP contribution in [0.2, 0.25) is 0 Å². The van der Waals surface area contributed by atoms with Crippen molar-refractivity contribution in [2.75, 3.05) is 38.5 Å². The Kier molecular flexibility index (Phi) is 10.2. The number of rotatable bonds is 8. The van der Waals surface area contributed by atoms with E-state index in [4.69, 9.17) is 0 Å². The monoisotopic (exact) mass is 355 g/mol. The van der Waals surface area contributed by atoms with E-state index in [1.807, 2.05) is 6.92 Å². The van der Waals surface area contributed by atoms with E-state index in [0.29, 0.717) is 19.6 Å². The standard InChI is InChI=1S/C14H29N3O3S.ClH/c1-4-11-17(13-7-9-15-10-8-13)14(18)12-21(19,20)16(5-2)6-3;/h13,15H,4-12H2,1-3H3;1H. The third-order valence-electron chi connectivity index (χ3n) is 3.94. The molecule has 6 nitrogen and oxygen atoms in total. The molecule has 0 saturated carbocycles. The topological polar surface area (TPSA) is 69.7 Å². The molecular formula is C14H30ClN3O3S. The predicted molar refractivity (Wildman–Crippen MR) is 91.9 cm³/mol. The molecule has 1 saturated heterocycles. The van der Waals surface area contributed by atoms with E-state index in [1.54, 1.807) is 18.7 Å². The van der Waals surface area contributed by atoms with Crippen LogP contribution in [0.1, 0.15) is 40.0 Å². The highest BCUT2D eigenvalue weighted by atomic mass is 35.5. The lowest BCUT2D eigenvalue weighted by molar-refractivity contribution is -0.131. The van der Waals surface area contributed by atoms with Gasteiger partial charge in [-0.05, 0) is 32.4 Å². The van der Waals surface area contributed by atoms with Gasteiger partial charge in [0, 0.05) is 25.7 Å². The minimum absolute atomic E-state index is 0. The van der Waals surface area contributed by atoms with Gasteiger partial charge < -0.3 is 10.2 Å². The molecule has 0 spiro atoms.